The Balaban J connectivity index is -0.000000557. The molecule has 0 fully saturated rings. The van der Waals surface area contributed by atoms with Crippen molar-refractivity contribution in [1.29, 1.82) is 0 Å². The molecule has 0 saturated heterocycles. The molecule has 0 saturated carbocycles. The quantitative estimate of drug-likeness (QED) is 0.0693. The number of alkyl halides is 1. The molecule has 3 aliphatic heterocycles. The van der Waals surface area contributed by atoms with Crippen LogP contribution in [0.15, 0.2) is 0 Å². The number of nitrogens with zero attached hydrogens (tertiary/aromatic N) is 5. The summed E-state index contributed by atoms with van der Waals surface area (Å²) in [7, 11) is 22.3. The maximum Gasteiger partial charge on any atom is 1.00 e. The molecule has 2 amide bonds. The molecule has 3 aromatic rings. The minimum absolute atomic E-state index is 0. The van der Waals surface area contributed by atoms with Gasteiger partial charge < -0.3 is 30.8 Å². The van der Waals surface area contributed by atoms with Crippen molar-refractivity contribution < 1.29 is 64.6 Å². The van der Waals surface area contributed by atoms with Crippen LogP contribution in [-0.4, -0.2) is 72.4 Å². The maximum absolute atomic E-state index is 12.2. The molecule has 0 spiro atoms. The third-order valence-corrected chi connectivity index (χ3v) is 71.4. The number of carbonyl (C=O) groups excluding carboxylic acids is 2. The van der Waals surface area contributed by atoms with Crippen molar-refractivity contribution in [3.8, 4) is 167 Å². The second kappa shape index (κ2) is 56.8. The van der Waals surface area contributed by atoms with Gasteiger partial charge in [0.2, 0.25) is 0 Å². The minimum Gasteiger partial charge on any atom is -1.00 e. The normalized spacial score (nSPS) is 10.9. The molecule has 0 aromatic carbocycles. The van der Waals surface area contributed by atoms with Crippen LogP contribution >= 0.6 is 124 Å². The van der Waals surface area contributed by atoms with E-state index >= 15 is 0 Å². The molecule has 2 N–H and O–H groups in total. The molecular formula is C72H86ClIN6NaO7P11. The number of aromatic nitrogens is 3. The number of carbonyl (C=O) groups is 2. The van der Waals surface area contributed by atoms with Crippen LogP contribution in [0.2, 0.25) is 0 Å². The number of nitrogens with one attached hydrogen (secondary N) is 1. The van der Waals surface area contributed by atoms with E-state index in [1.54, 1.807) is 30.9 Å². The van der Waals surface area contributed by atoms with Gasteiger partial charge in [0.1, 0.15) is 11.2 Å². The number of aliphatic hydroxyl groups is 1. The van der Waals surface area contributed by atoms with E-state index in [0.717, 1.165) is 77.3 Å². The fourth-order valence-electron chi connectivity index (χ4n) is 8.00. The topological polar surface area (TPSA) is 148 Å². The summed E-state index contributed by atoms with van der Waals surface area (Å²) in [5.41, 5.74) is 15.4. The predicted octanol–water partition coefficient (Wildman–Crippen LogP) is 12.5. The van der Waals surface area contributed by atoms with Crippen LogP contribution in [0.4, 0.5) is 9.59 Å². The number of aliphatic hydroxyl groups excluding tert-OH is 1. The first-order chi connectivity index (χ1) is 46.0. The third-order valence-electron chi connectivity index (χ3n) is 12.3. The third kappa shape index (κ3) is 40.3. The average Bonchev–Trinajstić information content (AvgIpc) is 1.64. The van der Waals surface area contributed by atoms with Crippen molar-refractivity contribution in [2.45, 2.75) is 160 Å². The van der Waals surface area contributed by atoms with E-state index in [1.807, 2.05) is 67.2 Å². The summed E-state index contributed by atoms with van der Waals surface area (Å²) in [4.78, 5) is 43.3. The first kappa shape index (κ1) is 99.6. The molecule has 0 aliphatic carbocycles. The van der Waals surface area contributed by atoms with Crippen LogP contribution in [0.25, 0.3) is 0 Å². The van der Waals surface area contributed by atoms with E-state index < -0.39 is 11.2 Å². The number of pyridine rings is 3. The smallest absolute Gasteiger partial charge is 1.00 e. The van der Waals surface area contributed by atoms with Gasteiger partial charge in [-0.3, -0.25) is 24.8 Å². The standard InChI is InChI=1S/C19H4.C16H24N2O3.C15H22N2O3.C11H16N2O.C10H2.CH3I.ClH.Na.H13P11.H/c1-3-5-7-9-11-13-15-17-19-18-16-14-12-10-8-6-4-2;1-10-11(2)17-14(9-20-6)13-8-18(7-12(10)13)15(19)21-16(3,4)5;1-9-10(2)16-13(8-18)12-7-17(6-11(9)12)14(19)20-15(3,4)5;1-7-8(2)13-11(6-14-3)10-5-12-4-9(7)10;1-3-5-7-9-10-8-6-4-2;1-2;;;1-7-10(6)11(8(2)3)9(4)5;/h1H,2H3;7-9H2,1-6H3;18H,6-8H2,1-5H3;12H,4-6H2,1-3H3;1-2H;1H3;1H;;7H,1-6H2;/q;;;;;;;+1;;-1. The van der Waals surface area contributed by atoms with Crippen molar-refractivity contribution in [1.82, 2.24) is 30.1 Å². The van der Waals surface area contributed by atoms with Crippen LogP contribution in [0.5, 0.6) is 0 Å². The van der Waals surface area contributed by atoms with Crippen LogP contribution in [0, 0.1) is 209 Å². The Labute approximate surface area is 656 Å². The van der Waals surface area contributed by atoms with Crippen LogP contribution in [0.3, 0.4) is 0 Å². The van der Waals surface area contributed by atoms with Gasteiger partial charge in [-0.1, -0.05) is 36.5 Å². The number of aryl methyl sites for hydroxylation is 3. The average molecular weight is 1670 g/mol. The van der Waals surface area contributed by atoms with Crippen molar-refractivity contribution in [2.75, 3.05) is 19.2 Å². The van der Waals surface area contributed by atoms with Crippen LogP contribution in [0.1, 0.15) is 134 Å². The van der Waals surface area contributed by atoms with Crippen molar-refractivity contribution >= 4 is 137 Å². The van der Waals surface area contributed by atoms with Gasteiger partial charge in [0, 0.05) is 55.5 Å². The van der Waals surface area contributed by atoms with Gasteiger partial charge in [-0.2, -0.15) is 0 Å². The number of terminal acetylenes is 3. The second-order valence-electron chi connectivity index (χ2n) is 21.3. The number of methoxy groups -OCH3 is 2. The van der Waals surface area contributed by atoms with Crippen LogP contribution in [-0.2, 0) is 78.0 Å². The van der Waals surface area contributed by atoms with Crippen molar-refractivity contribution in [3.63, 3.8) is 0 Å². The maximum atomic E-state index is 12.2. The fraction of sp³-hybridized carbons (Fsp3) is 0.375. The molecule has 13 nitrogen and oxygen atoms in total. The molecule has 8 unspecified atom stereocenters. The summed E-state index contributed by atoms with van der Waals surface area (Å²) in [6.07, 6.45) is 13.9. The predicted molar refractivity (Wildman–Crippen MR) is 450 cm³/mol. The Kier molecular flexibility index (Phi) is 57.2. The van der Waals surface area contributed by atoms with Crippen molar-refractivity contribution in [2.24, 2.45) is 0 Å². The van der Waals surface area contributed by atoms with Gasteiger partial charge >= 0.3 is 41.7 Å². The molecule has 0 radical (unpaired) electrons. The van der Waals surface area contributed by atoms with Gasteiger partial charge in [0.15, 0.2) is 0 Å². The van der Waals surface area contributed by atoms with E-state index in [0.29, 0.717) is 45.1 Å². The first-order valence-electron chi connectivity index (χ1n) is 28.8. The Morgan fingerprint density at radius 3 is 1.10 bits per heavy atom. The van der Waals surface area contributed by atoms with Gasteiger partial charge in [0.05, 0.1) is 63.1 Å². The van der Waals surface area contributed by atoms with E-state index in [9.17, 15) is 14.7 Å². The number of halogens is 2. The zero-order valence-electron chi connectivity index (χ0n) is 60.3. The van der Waals surface area contributed by atoms with Gasteiger partial charge in [-0.15, -0.1) is 85.2 Å². The molecular weight excluding hydrogens is 1590 g/mol. The summed E-state index contributed by atoms with van der Waals surface area (Å²) in [5, 5.41) is 12.8. The van der Waals surface area contributed by atoms with E-state index in [-0.39, 0.29) is 90.1 Å². The number of fused-ring (bicyclic) bond motifs is 3. The molecule has 8 atom stereocenters. The molecule has 6 rings (SSSR count). The van der Waals surface area contributed by atoms with Gasteiger partial charge in [0.25, 0.3) is 0 Å². The first-order valence-corrected chi connectivity index (χ1v) is 50.2. The summed E-state index contributed by atoms with van der Waals surface area (Å²) in [5.74, 6) is 60.3. The number of rotatable bonds is 9. The molecule has 516 valence electrons. The van der Waals surface area contributed by atoms with Crippen molar-refractivity contribution in [3.05, 3.63) is 84.2 Å². The monoisotopic (exact) mass is 1670 g/mol. The SMILES string of the molecule is C#CC#CC#CC#CC#C.C#CC#CC#CC#CC#CC#CC#CC#CC#CC.CI.COCc1nc(C)c(C)c2c1CN(C(=O)OC(C)(C)C)C2.COCc1nc(C)c(C)c2c1CNC2.Cc1nc(CO)c2c(c1C)CN(C(=O)OC(C)(C)C)C2.Cl.PPP(P)P(P(P)P)P(P)P.[H-].[Na+]. The zero-order valence-corrected chi connectivity index (χ0v) is 75.7. The molecule has 99 heavy (non-hydrogen) atoms. The largest absolute Gasteiger partial charge is 1.00 e. The summed E-state index contributed by atoms with van der Waals surface area (Å²) in [6, 6.07) is 0. The second-order valence-corrected chi connectivity index (χ2v) is 60.3. The fourth-order valence-corrected chi connectivity index (χ4v) is 103. The molecule has 3 aromatic heterocycles. The minimum atomic E-state index is -0.505. The molecule has 0 bridgehead atoms. The summed E-state index contributed by atoms with van der Waals surface area (Å²) < 4.78 is 21.2. The summed E-state index contributed by atoms with van der Waals surface area (Å²) in [6.45, 7) is 30.8. The Morgan fingerprint density at radius 1 is 0.535 bits per heavy atom. The van der Waals surface area contributed by atoms with Crippen LogP contribution < -0.4 is 34.9 Å². The van der Waals surface area contributed by atoms with E-state index in [1.165, 1.54) is 22.3 Å². The molecule has 27 heteroatoms. The number of ether oxygens (including phenoxy) is 4. The zero-order chi connectivity index (χ0) is 73.7. The number of hydrogen-bond acceptors (Lipinski definition) is 11. The summed E-state index contributed by atoms with van der Waals surface area (Å²) >= 11 is 2.15. The number of amides is 2. The number of hydrogen-bond donors (Lipinski definition) is 2. The van der Waals surface area contributed by atoms with E-state index in [4.69, 9.17) is 38.2 Å². The molecule has 3 aliphatic rings. The Hall–Kier alpha value is -3.58. The molecule has 6 heterocycles. The van der Waals surface area contributed by atoms with E-state index in [2.05, 4.69) is 265 Å². The van der Waals surface area contributed by atoms with Gasteiger partial charge in [-0.25, -0.2) is 9.59 Å². The van der Waals surface area contributed by atoms with Gasteiger partial charge in [-0.05, 0) is 304 Å². The Bertz CT molecular complexity index is 4110. The Morgan fingerprint density at radius 2 is 0.818 bits per heavy atom.